The maximum absolute atomic E-state index is 6.30. The van der Waals surface area contributed by atoms with Crippen LogP contribution in [0.2, 0.25) is 5.02 Å². The predicted octanol–water partition coefficient (Wildman–Crippen LogP) is 3.46. The summed E-state index contributed by atoms with van der Waals surface area (Å²) in [6, 6.07) is 6.89. The molecular formula is C14H23ClN2. The molecule has 1 rings (SSSR count). The van der Waals surface area contributed by atoms with Crippen molar-refractivity contribution in [1.82, 2.24) is 0 Å². The van der Waals surface area contributed by atoms with Gasteiger partial charge >= 0.3 is 0 Å². The van der Waals surface area contributed by atoms with Crippen LogP contribution in [0.25, 0.3) is 0 Å². The number of halogens is 1. The standard InChI is InChI=1S/C14H23ClN2/c1-5-12(16)8-11-6-7-13(9-14(11)15)17(4)10(2)3/h6-7,9-10,12H,5,8,16H2,1-4H3. The van der Waals surface area contributed by atoms with E-state index in [2.05, 4.69) is 44.9 Å². The van der Waals surface area contributed by atoms with E-state index in [1.54, 1.807) is 0 Å². The Labute approximate surface area is 110 Å². The summed E-state index contributed by atoms with van der Waals surface area (Å²) in [6.45, 7) is 6.42. The second-order valence-corrected chi connectivity index (χ2v) is 5.26. The van der Waals surface area contributed by atoms with E-state index < -0.39 is 0 Å². The SMILES string of the molecule is CCC(N)Cc1ccc(N(C)C(C)C)cc1Cl. The molecule has 0 aliphatic carbocycles. The zero-order valence-corrected chi connectivity index (χ0v) is 12.0. The molecule has 2 nitrogen and oxygen atoms in total. The van der Waals surface area contributed by atoms with Crippen LogP contribution in [0.15, 0.2) is 18.2 Å². The lowest BCUT2D eigenvalue weighted by Crippen LogP contribution is -2.25. The summed E-state index contributed by atoms with van der Waals surface area (Å²) in [4.78, 5) is 2.20. The first kappa shape index (κ1) is 14.3. The molecule has 0 fully saturated rings. The third-order valence-electron chi connectivity index (χ3n) is 3.22. The molecule has 0 aliphatic rings. The second-order valence-electron chi connectivity index (χ2n) is 4.85. The zero-order chi connectivity index (χ0) is 13.0. The number of hydrogen-bond donors (Lipinski definition) is 1. The van der Waals surface area contributed by atoms with Gasteiger partial charge in [-0.2, -0.15) is 0 Å². The van der Waals surface area contributed by atoms with Crippen molar-refractivity contribution in [1.29, 1.82) is 0 Å². The van der Waals surface area contributed by atoms with Crippen LogP contribution in [0.5, 0.6) is 0 Å². The second kappa shape index (κ2) is 6.27. The van der Waals surface area contributed by atoms with Gasteiger partial charge in [-0.3, -0.25) is 0 Å². The lowest BCUT2D eigenvalue weighted by molar-refractivity contribution is 0.646. The van der Waals surface area contributed by atoms with Gasteiger partial charge in [0.05, 0.1) is 0 Å². The molecule has 2 N–H and O–H groups in total. The highest BCUT2D eigenvalue weighted by Gasteiger charge is 2.09. The number of rotatable bonds is 5. The fourth-order valence-electron chi connectivity index (χ4n) is 1.65. The van der Waals surface area contributed by atoms with Crippen molar-refractivity contribution >= 4 is 17.3 Å². The van der Waals surface area contributed by atoms with Gasteiger partial charge in [0.15, 0.2) is 0 Å². The van der Waals surface area contributed by atoms with Gasteiger partial charge in [-0.15, -0.1) is 0 Å². The van der Waals surface area contributed by atoms with E-state index >= 15 is 0 Å². The first-order valence-electron chi connectivity index (χ1n) is 6.22. The van der Waals surface area contributed by atoms with Crippen LogP contribution in [0.3, 0.4) is 0 Å². The van der Waals surface area contributed by atoms with E-state index in [1.165, 1.54) is 0 Å². The Morgan fingerprint density at radius 1 is 1.35 bits per heavy atom. The average molecular weight is 255 g/mol. The monoisotopic (exact) mass is 254 g/mol. The fourth-order valence-corrected chi connectivity index (χ4v) is 1.90. The maximum atomic E-state index is 6.30. The molecule has 0 saturated heterocycles. The van der Waals surface area contributed by atoms with Crippen molar-refractivity contribution in [2.24, 2.45) is 5.73 Å². The molecule has 1 aromatic carbocycles. The highest BCUT2D eigenvalue weighted by molar-refractivity contribution is 6.31. The third kappa shape index (κ3) is 3.90. The van der Waals surface area contributed by atoms with Crippen molar-refractivity contribution in [2.75, 3.05) is 11.9 Å². The topological polar surface area (TPSA) is 29.3 Å². The Morgan fingerprint density at radius 2 is 2.00 bits per heavy atom. The van der Waals surface area contributed by atoms with Gasteiger partial charge < -0.3 is 10.6 Å². The Hall–Kier alpha value is -0.730. The molecule has 0 aliphatic heterocycles. The molecule has 1 atom stereocenters. The van der Waals surface area contributed by atoms with Crippen LogP contribution in [0, 0.1) is 0 Å². The molecule has 0 bridgehead atoms. The van der Waals surface area contributed by atoms with Crippen LogP contribution in [0.4, 0.5) is 5.69 Å². The zero-order valence-electron chi connectivity index (χ0n) is 11.2. The number of nitrogens with two attached hydrogens (primary N) is 1. The summed E-state index contributed by atoms with van der Waals surface area (Å²) in [7, 11) is 2.08. The van der Waals surface area contributed by atoms with Crippen LogP contribution < -0.4 is 10.6 Å². The van der Waals surface area contributed by atoms with Crippen molar-refractivity contribution in [3.05, 3.63) is 28.8 Å². The first-order valence-corrected chi connectivity index (χ1v) is 6.60. The Morgan fingerprint density at radius 3 is 2.47 bits per heavy atom. The lowest BCUT2D eigenvalue weighted by atomic mass is 10.0. The van der Waals surface area contributed by atoms with Gasteiger partial charge in [-0.25, -0.2) is 0 Å². The van der Waals surface area contributed by atoms with Gasteiger partial charge in [0.1, 0.15) is 0 Å². The van der Waals surface area contributed by atoms with Crippen LogP contribution in [-0.2, 0) is 6.42 Å². The van der Waals surface area contributed by atoms with E-state index in [1.807, 2.05) is 6.07 Å². The number of nitrogens with zero attached hydrogens (tertiary/aromatic N) is 1. The van der Waals surface area contributed by atoms with Gasteiger partial charge in [-0.1, -0.05) is 24.6 Å². The Bertz CT molecular complexity index is 363. The summed E-state index contributed by atoms with van der Waals surface area (Å²) in [5, 5.41) is 0.818. The first-order chi connectivity index (χ1) is 7.95. The smallest absolute Gasteiger partial charge is 0.0459 e. The molecule has 3 heteroatoms. The predicted molar refractivity (Wildman–Crippen MR) is 77.0 cm³/mol. The lowest BCUT2D eigenvalue weighted by Gasteiger charge is -2.24. The molecule has 0 spiro atoms. The molecule has 0 amide bonds. The van der Waals surface area contributed by atoms with Gasteiger partial charge in [-0.05, 0) is 44.4 Å². The van der Waals surface area contributed by atoms with E-state index in [-0.39, 0.29) is 6.04 Å². The molecule has 96 valence electrons. The molecule has 0 saturated carbocycles. The Balaban J connectivity index is 2.86. The third-order valence-corrected chi connectivity index (χ3v) is 3.58. The summed E-state index contributed by atoms with van der Waals surface area (Å²) in [6.07, 6.45) is 1.82. The quantitative estimate of drug-likeness (QED) is 0.872. The number of hydrogen-bond acceptors (Lipinski definition) is 2. The van der Waals surface area contributed by atoms with Crippen LogP contribution in [0.1, 0.15) is 32.8 Å². The Kier molecular flexibility index (Phi) is 5.29. The molecule has 1 unspecified atom stereocenters. The summed E-state index contributed by atoms with van der Waals surface area (Å²) in [5.74, 6) is 0. The summed E-state index contributed by atoms with van der Waals surface area (Å²) in [5.41, 5.74) is 8.24. The van der Waals surface area contributed by atoms with Crippen LogP contribution in [-0.4, -0.2) is 19.1 Å². The number of benzene rings is 1. The largest absolute Gasteiger partial charge is 0.372 e. The molecule has 0 aromatic heterocycles. The highest BCUT2D eigenvalue weighted by Crippen LogP contribution is 2.25. The molecule has 0 heterocycles. The van der Waals surface area contributed by atoms with Crippen molar-refractivity contribution < 1.29 is 0 Å². The maximum Gasteiger partial charge on any atom is 0.0459 e. The van der Waals surface area contributed by atoms with E-state index in [4.69, 9.17) is 17.3 Å². The van der Waals surface area contributed by atoms with E-state index in [0.29, 0.717) is 6.04 Å². The average Bonchev–Trinajstić information content (AvgIpc) is 2.30. The minimum atomic E-state index is 0.196. The van der Waals surface area contributed by atoms with Gasteiger partial charge in [0.25, 0.3) is 0 Å². The normalized spacial score (nSPS) is 12.9. The van der Waals surface area contributed by atoms with Crippen molar-refractivity contribution in [3.8, 4) is 0 Å². The van der Waals surface area contributed by atoms with Crippen LogP contribution >= 0.6 is 11.6 Å². The fraction of sp³-hybridized carbons (Fsp3) is 0.571. The van der Waals surface area contributed by atoms with Crippen molar-refractivity contribution in [3.63, 3.8) is 0 Å². The molecule has 1 aromatic rings. The number of anilines is 1. The summed E-state index contributed by atoms with van der Waals surface area (Å²) < 4.78 is 0. The molecular weight excluding hydrogens is 232 g/mol. The van der Waals surface area contributed by atoms with E-state index in [0.717, 1.165) is 29.1 Å². The van der Waals surface area contributed by atoms with Gasteiger partial charge in [0, 0.05) is 29.8 Å². The van der Waals surface area contributed by atoms with Crippen molar-refractivity contribution in [2.45, 2.75) is 45.7 Å². The molecule has 0 radical (unpaired) electrons. The van der Waals surface area contributed by atoms with Gasteiger partial charge in [0.2, 0.25) is 0 Å². The highest BCUT2D eigenvalue weighted by atomic mass is 35.5. The summed E-state index contributed by atoms with van der Waals surface area (Å²) >= 11 is 6.30. The minimum Gasteiger partial charge on any atom is -0.372 e. The minimum absolute atomic E-state index is 0.196. The molecule has 17 heavy (non-hydrogen) atoms. The van der Waals surface area contributed by atoms with E-state index in [9.17, 15) is 0 Å².